The lowest BCUT2D eigenvalue weighted by atomic mass is 10.0. The largest absolute Gasteiger partial charge is 0.486 e. The average molecular weight is 1060 g/mol. The van der Waals surface area contributed by atoms with Crippen molar-refractivity contribution < 1.29 is 37.2 Å². The van der Waals surface area contributed by atoms with E-state index < -0.39 is 36.9 Å². The van der Waals surface area contributed by atoms with E-state index in [1.807, 2.05) is 24.3 Å². The van der Waals surface area contributed by atoms with Gasteiger partial charge in [0.2, 0.25) is 23.4 Å². The van der Waals surface area contributed by atoms with Gasteiger partial charge >= 0.3 is 0 Å². The summed E-state index contributed by atoms with van der Waals surface area (Å²) in [6.07, 6.45) is 2.19. The highest BCUT2D eigenvalue weighted by atomic mass is 35.5. The summed E-state index contributed by atoms with van der Waals surface area (Å²) in [5.41, 5.74) is 3.07. The number of aryl methyl sites for hydroxylation is 1. The first-order valence-electron chi connectivity index (χ1n) is 24.9. The molecule has 0 bridgehead atoms. The third kappa shape index (κ3) is 8.99. The molecule has 2 saturated heterocycles. The fourth-order valence-electron chi connectivity index (χ4n) is 10.9. The van der Waals surface area contributed by atoms with Crippen molar-refractivity contribution in [1.82, 2.24) is 29.1 Å². The van der Waals surface area contributed by atoms with Gasteiger partial charge in [0.05, 0.1) is 61.1 Å². The number of nitrogens with zero attached hydrogens (tertiary/aromatic N) is 8. The molecule has 12 rings (SSSR count). The van der Waals surface area contributed by atoms with E-state index in [0.29, 0.717) is 64.7 Å². The lowest BCUT2D eigenvalue weighted by Crippen LogP contribution is -2.51. The quantitative estimate of drug-likeness (QED) is 0.0734. The number of rotatable bonds is 10. The molecule has 4 aromatic heterocycles. The molecule has 2 saturated carbocycles. The molecule has 6 aliphatic rings. The van der Waals surface area contributed by atoms with Crippen molar-refractivity contribution in [1.29, 1.82) is 0 Å². The number of hydrogen-bond acceptors (Lipinski definition) is 16. The zero-order valence-electron chi connectivity index (χ0n) is 39.9. The van der Waals surface area contributed by atoms with Gasteiger partial charge in [0.1, 0.15) is 22.3 Å². The molecule has 24 heteroatoms. The fourth-order valence-corrected chi connectivity index (χ4v) is 11.2. The number of anilines is 8. The van der Waals surface area contributed by atoms with Gasteiger partial charge in [-0.3, -0.25) is 9.59 Å². The Bertz CT molecular complexity index is 3350. The SMILES string of the molecule is Cn1c(=O)c2c(c3cc(Nc4nc(N5CCC(F)(F)[C@H](O)C5)ncc4Cl)ccc31)N[C@@H](C1CC1Cn1c(=O)c3c(c4cc(Nc5nc(N6CCC(F)(F)[C@@H](O)C6)ncc5Cl)ccc41)N[C@@H](C1CC1)CCO3)CCO2. The molecular formula is C50H52Cl2F4N12O6. The van der Waals surface area contributed by atoms with E-state index in [1.165, 1.54) is 26.8 Å². The fraction of sp³-hybridized carbons (Fsp3) is 0.480. The van der Waals surface area contributed by atoms with Crippen LogP contribution in [0.2, 0.25) is 10.0 Å². The lowest BCUT2D eigenvalue weighted by molar-refractivity contribution is -0.118. The summed E-state index contributed by atoms with van der Waals surface area (Å²) in [4.78, 5) is 49.1. The van der Waals surface area contributed by atoms with Crippen LogP contribution in [0.4, 0.5) is 63.8 Å². The molecule has 4 aliphatic heterocycles. The number of hydrogen-bond donors (Lipinski definition) is 6. The predicted octanol–water partition coefficient (Wildman–Crippen LogP) is 7.51. The number of ether oxygens (including phenoxy) is 2. The van der Waals surface area contributed by atoms with E-state index in [0.717, 1.165) is 31.1 Å². The number of aromatic nitrogens is 6. The van der Waals surface area contributed by atoms with Crippen molar-refractivity contribution in [2.24, 2.45) is 24.8 Å². The highest BCUT2D eigenvalue weighted by Crippen LogP contribution is 2.48. The summed E-state index contributed by atoms with van der Waals surface area (Å²) in [5, 5.41) is 35.9. The molecule has 390 valence electrons. The van der Waals surface area contributed by atoms with Gasteiger partial charge in [0, 0.05) is 86.6 Å². The number of aliphatic hydroxyl groups is 2. The Labute approximate surface area is 430 Å². The van der Waals surface area contributed by atoms with Gasteiger partial charge in [-0.05, 0) is 73.4 Å². The molecule has 18 nitrogen and oxygen atoms in total. The summed E-state index contributed by atoms with van der Waals surface area (Å²) in [6, 6.07) is 11.0. The zero-order chi connectivity index (χ0) is 51.4. The molecular weight excluding hydrogens is 1010 g/mol. The average Bonchev–Trinajstić information content (AvgIpc) is 4.30. The van der Waals surface area contributed by atoms with Crippen LogP contribution in [0.25, 0.3) is 21.8 Å². The lowest BCUT2D eigenvalue weighted by Gasteiger charge is -2.35. The normalized spacial score (nSPS) is 25.1. The highest BCUT2D eigenvalue weighted by Gasteiger charge is 2.47. The standard InChI is InChI=1S/C50H52Cl2F4N12O6/c1-65-35-6-4-26(59-43-31(51)19-57-47(63-43)66-12-10-49(53,54)37(69)22-66)17-29(35)39-41(45(65)71)73-15-9-34(62-39)28-16-25(28)21-68-36-7-5-27(18-30(36)40-42(46(68)72)74-14-8-33(61-40)24-2-3-24)60-44-32(52)20-58-48(64-44)67-13-11-50(55,56)38(70)23-67/h4-7,17-20,24-25,28,33-34,37-38,61-62,69-70H,2-3,8-16,21-23H2,1H3,(H,57,59,63)(H,58,60,64)/t25?,28?,33-,34-,37-,38+/m1/s1. The summed E-state index contributed by atoms with van der Waals surface area (Å²) < 4.78 is 72.3. The first kappa shape index (κ1) is 48.6. The second-order valence-corrected chi connectivity index (χ2v) is 21.2. The van der Waals surface area contributed by atoms with Gasteiger partial charge < -0.3 is 59.9 Å². The number of fused-ring (bicyclic) bond motifs is 6. The summed E-state index contributed by atoms with van der Waals surface area (Å²) in [6.45, 7) is 0.230. The molecule has 6 aromatic rings. The molecule has 6 N–H and O–H groups in total. The molecule has 2 unspecified atom stereocenters. The van der Waals surface area contributed by atoms with Crippen molar-refractivity contribution >= 4 is 91.3 Å². The number of nitrogens with one attached hydrogen (secondary N) is 4. The number of benzene rings is 2. The predicted molar refractivity (Wildman–Crippen MR) is 273 cm³/mol. The minimum Gasteiger partial charge on any atom is -0.486 e. The van der Waals surface area contributed by atoms with Gasteiger partial charge in [-0.1, -0.05) is 23.2 Å². The van der Waals surface area contributed by atoms with Crippen LogP contribution in [0.5, 0.6) is 11.5 Å². The molecule has 6 atom stereocenters. The molecule has 74 heavy (non-hydrogen) atoms. The molecule has 0 spiro atoms. The van der Waals surface area contributed by atoms with Gasteiger partial charge in [0.15, 0.2) is 11.6 Å². The molecule has 8 heterocycles. The number of piperidine rings is 2. The van der Waals surface area contributed by atoms with Crippen LogP contribution in [0, 0.1) is 17.8 Å². The first-order valence-corrected chi connectivity index (χ1v) is 25.6. The maximum Gasteiger partial charge on any atom is 0.295 e. The van der Waals surface area contributed by atoms with Crippen LogP contribution >= 0.6 is 23.2 Å². The van der Waals surface area contributed by atoms with E-state index in [4.69, 9.17) is 32.7 Å². The number of β-amino-alcohol motifs (C(OH)–C–C–N with tert-alkyl or cyclic N) is 2. The van der Waals surface area contributed by atoms with Gasteiger partial charge in [-0.25, -0.2) is 27.5 Å². The van der Waals surface area contributed by atoms with Crippen molar-refractivity contribution in [2.75, 3.05) is 70.5 Å². The minimum absolute atomic E-state index is 0.0532. The third-order valence-corrected chi connectivity index (χ3v) is 16.0. The zero-order valence-corrected chi connectivity index (χ0v) is 41.4. The Balaban J connectivity index is 0.823. The Kier molecular flexibility index (Phi) is 12.1. The monoisotopic (exact) mass is 1060 g/mol. The molecule has 2 aromatic carbocycles. The Morgan fingerprint density at radius 3 is 1.80 bits per heavy atom. The van der Waals surface area contributed by atoms with Crippen LogP contribution in [-0.4, -0.2) is 115 Å². The van der Waals surface area contributed by atoms with E-state index in [1.54, 1.807) is 23.7 Å². The molecule has 0 amide bonds. The maximum atomic E-state index is 14.7. The maximum absolute atomic E-state index is 14.7. The first-order chi connectivity index (χ1) is 35.5. The van der Waals surface area contributed by atoms with Crippen LogP contribution in [0.3, 0.4) is 0 Å². The third-order valence-electron chi connectivity index (χ3n) is 15.4. The van der Waals surface area contributed by atoms with E-state index in [9.17, 15) is 37.4 Å². The second kappa shape index (κ2) is 18.5. The van der Waals surface area contributed by atoms with Gasteiger partial charge in [0.25, 0.3) is 23.0 Å². The van der Waals surface area contributed by atoms with E-state index >= 15 is 0 Å². The molecule has 2 aliphatic carbocycles. The summed E-state index contributed by atoms with van der Waals surface area (Å²) >= 11 is 13.2. The van der Waals surface area contributed by atoms with Crippen LogP contribution in [0.1, 0.15) is 44.9 Å². The van der Waals surface area contributed by atoms with Gasteiger partial charge in [-0.2, -0.15) is 9.97 Å². The number of halogens is 6. The highest BCUT2D eigenvalue weighted by molar-refractivity contribution is 6.33. The van der Waals surface area contributed by atoms with Crippen LogP contribution in [-0.2, 0) is 13.6 Å². The van der Waals surface area contributed by atoms with Crippen LogP contribution < -0.4 is 51.7 Å². The van der Waals surface area contributed by atoms with E-state index in [2.05, 4.69) is 41.2 Å². The van der Waals surface area contributed by atoms with Crippen molar-refractivity contribution in [3.8, 4) is 11.5 Å². The number of pyridine rings is 2. The Morgan fingerprint density at radius 2 is 1.24 bits per heavy atom. The number of aliphatic hydroxyl groups excluding tert-OH is 2. The number of alkyl halides is 4. The van der Waals surface area contributed by atoms with E-state index in [-0.39, 0.29) is 113 Å². The summed E-state index contributed by atoms with van der Waals surface area (Å²) in [7, 11) is 1.68. The Hall–Kier alpha value is -6.36. The van der Waals surface area contributed by atoms with Crippen molar-refractivity contribution in [3.63, 3.8) is 0 Å². The second-order valence-electron chi connectivity index (χ2n) is 20.4. The van der Waals surface area contributed by atoms with Crippen molar-refractivity contribution in [2.45, 2.75) is 87.6 Å². The minimum atomic E-state index is -3.21. The Morgan fingerprint density at radius 1 is 0.730 bits per heavy atom. The molecule has 4 fully saturated rings. The summed E-state index contributed by atoms with van der Waals surface area (Å²) in [5.74, 6) is -4.64. The molecule has 0 radical (unpaired) electrons. The van der Waals surface area contributed by atoms with Crippen LogP contribution in [0.15, 0.2) is 58.4 Å². The van der Waals surface area contributed by atoms with Gasteiger partial charge in [-0.15, -0.1) is 0 Å². The van der Waals surface area contributed by atoms with Crippen molar-refractivity contribution in [3.05, 3.63) is 79.5 Å². The smallest absolute Gasteiger partial charge is 0.295 e. The topological polar surface area (TPSA) is 209 Å².